The van der Waals surface area contributed by atoms with Crippen LogP contribution in [-0.4, -0.2) is 16.2 Å². The van der Waals surface area contributed by atoms with Gasteiger partial charge in [0.2, 0.25) is 5.88 Å². The van der Waals surface area contributed by atoms with Crippen LogP contribution in [0, 0.1) is 6.92 Å². The zero-order chi connectivity index (χ0) is 14.8. The molecule has 2 aromatic heterocycles. The van der Waals surface area contributed by atoms with Crippen molar-refractivity contribution in [2.75, 3.05) is 6.61 Å². The van der Waals surface area contributed by atoms with Crippen LogP contribution in [-0.2, 0) is 6.54 Å². The first kappa shape index (κ1) is 13.8. The van der Waals surface area contributed by atoms with E-state index in [1.165, 1.54) is 10.1 Å². The molecule has 3 rings (SSSR count). The van der Waals surface area contributed by atoms with Gasteiger partial charge in [0.15, 0.2) is 0 Å². The van der Waals surface area contributed by atoms with Gasteiger partial charge in [-0.25, -0.2) is 4.79 Å². The molecule has 0 bridgehead atoms. The highest BCUT2D eigenvalue weighted by molar-refractivity contribution is 7.17. The molecule has 0 saturated heterocycles. The van der Waals surface area contributed by atoms with Gasteiger partial charge in [0.25, 0.3) is 0 Å². The van der Waals surface area contributed by atoms with Gasteiger partial charge < -0.3 is 4.74 Å². The molecule has 5 heteroatoms. The number of aryl methyl sites for hydroxylation is 1. The molecule has 3 aromatic rings. The number of thiophene rings is 1. The van der Waals surface area contributed by atoms with Crippen molar-refractivity contribution in [1.82, 2.24) is 9.55 Å². The van der Waals surface area contributed by atoms with E-state index in [1.807, 2.05) is 32.2 Å². The van der Waals surface area contributed by atoms with E-state index in [2.05, 4.69) is 22.5 Å². The second-order valence-corrected chi connectivity index (χ2v) is 5.74. The van der Waals surface area contributed by atoms with Crippen molar-refractivity contribution in [3.63, 3.8) is 0 Å². The van der Waals surface area contributed by atoms with E-state index >= 15 is 0 Å². The molecule has 0 radical (unpaired) electrons. The van der Waals surface area contributed by atoms with E-state index in [-0.39, 0.29) is 5.69 Å². The van der Waals surface area contributed by atoms with Crippen LogP contribution in [0.3, 0.4) is 0 Å². The topological polar surface area (TPSA) is 44.1 Å². The van der Waals surface area contributed by atoms with Gasteiger partial charge >= 0.3 is 5.69 Å². The van der Waals surface area contributed by atoms with Crippen LogP contribution in [0.4, 0.5) is 0 Å². The quantitative estimate of drug-likeness (QED) is 0.743. The van der Waals surface area contributed by atoms with E-state index in [0.29, 0.717) is 19.0 Å². The van der Waals surface area contributed by atoms with Crippen LogP contribution in [0.2, 0.25) is 0 Å². The van der Waals surface area contributed by atoms with E-state index in [0.717, 1.165) is 11.1 Å². The minimum atomic E-state index is -0.278. The van der Waals surface area contributed by atoms with Crippen molar-refractivity contribution in [2.45, 2.75) is 20.4 Å². The van der Waals surface area contributed by atoms with E-state index in [4.69, 9.17) is 4.74 Å². The fraction of sp³-hybridized carbons (Fsp3) is 0.250. The average Bonchev–Trinajstić information content (AvgIpc) is 2.88. The predicted molar refractivity (Wildman–Crippen MR) is 85.3 cm³/mol. The summed E-state index contributed by atoms with van der Waals surface area (Å²) in [5.74, 6) is 0.425. The van der Waals surface area contributed by atoms with Crippen LogP contribution < -0.4 is 10.4 Å². The maximum Gasteiger partial charge on any atom is 0.351 e. The van der Waals surface area contributed by atoms with Crippen molar-refractivity contribution >= 4 is 21.4 Å². The lowest BCUT2D eigenvalue weighted by atomic mass is 10.2. The summed E-state index contributed by atoms with van der Waals surface area (Å²) in [6, 6.07) is 8.22. The first-order chi connectivity index (χ1) is 10.2. The van der Waals surface area contributed by atoms with Crippen molar-refractivity contribution in [3.8, 4) is 5.88 Å². The fourth-order valence-corrected chi connectivity index (χ4v) is 3.27. The lowest BCUT2D eigenvalue weighted by Gasteiger charge is -2.09. The molecule has 0 spiro atoms. The van der Waals surface area contributed by atoms with Gasteiger partial charge in [-0.1, -0.05) is 18.2 Å². The summed E-state index contributed by atoms with van der Waals surface area (Å²) in [4.78, 5) is 16.1. The number of nitrogens with zero attached hydrogens (tertiary/aromatic N) is 2. The van der Waals surface area contributed by atoms with Crippen LogP contribution in [0.15, 0.2) is 40.6 Å². The number of aromatic nitrogens is 2. The molecular formula is C16H16N2O2S. The first-order valence-electron chi connectivity index (χ1n) is 6.85. The zero-order valence-electron chi connectivity index (χ0n) is 12.0. The lowest BCUT2D eigenvalue weighted by molar-refractivity contribution is 0.320. The van der Waals surface area contributed by atoms with Crippen LogP contribution in [0.5, 0.6) is 5.88 Å². The van der Waals surface area contributed by atoms with Gasteiger partial charge in [-0.15, -0.1) is 11.3 Å². The van der Waals surface area contributed by atoms with Crippen LogP contribution in [0.1, 0.15) is 18.1 Å². The van der Waals surface area contributed by atoms with Crippen LogP contribution in [0.25, 0.3) is 10.1 Å². The number of ether oxygens (including phenoxy) is 1. The van der Waals surface area contributed by atoms with Gasteiger partial charge in [0.05, 0.1) is 13.2 Å². The second kappa shape index (κ2) is 5.69. The van der Waals surface area contributed by atoms with Crippen molar-refractivity contribution in [1.29, 1.82) is 0 Å². The number of fused-ring (bicyclic) bond motifs is 1. The molecule has 108 valence electrons. The summed E-state index contributed by atoms with van der Waals surface area (Å²) in [5, 5.41) is 3.30. The molecule has 0 N–H and O–H groups in total. The minimum Gasteiger partial charge on any atom is -0.478 e. The molecule has 2 heterocycles. The van der Waals surface area contributed by atoms with Crippen molar-refractivity contribution in [2.24, 2.45) is 0 Å². The Morgan fingerprint density at radius 2 is 2.14 bits per heavy atom. The molecule has 0 amide bonds. The van der Waals surface area contributed by atoms with E-state index < -0.39 is 0 Å². The minimum absolute atomic E-state index is 0.278. The fourth-order valence-electron chi connectivity index (χ4n) is 2.32. The molecule has 0 saturated carbocycles. The Kier molecular flexibility index (Phi) is 3.75. The Hall–Kier alpha value is -2.14. The molecule has 0 atom stereocenters. The summed E-state index contributed by atoms with van der Waals surface area (Å²) < 4.78 is 8.22. The summed E-state index contributed by atoms with van der Waals surface area (Å²) >= 11 is 1.69. The number of rotatable bonds is 4. The molecule has 21 heavy (non-hydrogen) atoms. The Balaban J connectivity index is 1.98. The molecule has 0 aliphatic heterocycles. The standard InChI is InChI=1S/C16H16N2O2S/c1-3-20-15-11(2)8-18(16(19)17-15)9-12-10-21-14-7-5-4-6-13(12)14/h4-8,10H,3,9H2,1-2H3. The van der Waals surface area contributed by atoms with Gasteiger partial charge in [-0.3, -0.25) is 4.57 Å². The molecule has 4 nitrogen and oxygen atoms in total. The third-order valence-electron chi connectivity index (χ3n) is 3.31. The largest absolute Gasteiger partial charge is 0.478 e. The smallest absolute Gasteiger partial charge is 0.351 e. The maximum atomic E-state index is 12.1. The van der Waals surface area contributed by atoms with Crippen molar-refractivity contribution in [3.05, 3.63) is 57.5 Å². The molecule has 0 aliphatic rings. The Morgan fingerprint density at radius 1 is 1.33 bits per heavy atom. The predicted octanol–water partition coefficient (Wildman–Crippen LogP) is 3.21. The molecule has 0 aliphatic carbocycles. The van der Waals surface area contributed by atoms with Crippen molar-refractivity contribution < 1.29 is 4.74 Å². The number of benzene rings is 1. The van der Waals surface area contributed by atoms with E-state index in [1.54, 1.807) is 15.9 Å². The summed E-state index contributed by atoms with van der Waals surface area (Å²) in [6.07, 6.45) is 1.81. The second-order valence-electron chi connectivity index (χ2n) is 4.83. The highest BCUT2D eigenvalue weighted by Gasteiger charge is 2.09. The lowest BCUT2D eigenvalue weighted by Crippen LogP contribution is -2.24. The highest BCUT2D eigenvalue weighted by atomic mass is 32.1. The Labute approximate surface area is 126 Å². The molecule has 0 fully saturated rings. The third kappa shape index (κ3) is 2.69. The number of hydrogen-bond acceptors (Lipinski definition) is 4. The molecule has 1 aromatic carbocycles. The maximum absolute atomic E-state index is 12.1. The Bertz CT molecular complexity index is 836. The van der Waals surface area contributed by atoms with Gasteiger partial charge in [0, 0.05) is 16.5 Å². The summed E-state index contributed by atoms with van der Waals surface area (Å²) in [7, 11) is 0. The average molecular weight is 300 g/mol. The van der Waals surface area contributed by atoms with Gasteiger partial charge in [-0.2, -0.15) is 4.98 Å². The normalized spacial score (nSPS) is 11.0. The summed E-state index contributed by atoms with van der Waals surface area (Å²) in [5.41, 5.74) is 1.73. The third-order valence-corrected chi connectivity index (χ3v) is 4.32. The SMILES string of the molecule is CCOc1nc(=O)n(Cc2csc3ccccc23)cc1C. The van der Waals surface area contributed by atoms with E-state index in [9.17, 15) is 4.79 Å². The zero-order valence-corrected chi connectivity index (χ0v) is 12.8. The van der Waals surface area contributed by atoms with Gasteiger partial charge in [0.1, 0.15) is 0 Å². The summed E-state index contributed by atoms with van der Waals surface area (Å²) in [6.45, 7) is 4.82. The molecular weight excluding hydrogens is 284 g/mol. The Morgan fingerprint density at radius 3 is 2.95 bits per heavy atom. The van der Waals surface area contributed by atoms with Crippen LogP contribution >= 0.6 is 11.3 Å². The highest BCUT2D eigenvalue weighted by Crippen LogP contribution is 2.26. The first-order valence-corrected chi connectivity index (χ1v) is 7.73. The molecule has 0 unspecified atom stereocenters. The number of hydrogen-bond donors (Lipinski definition) is 0. The van der Waals surface area contributed by atoms with Gasteiger partial charge in [-0.05, 0) is 36.2 Å². The monoisotopic (exact) mass is 300 g/mol.